The molecule has 0 aliphatic rings. The van der Waals surface area contributed by atoms with Crippen LogP contribution in [0.5, 0.6) is 0 Å². The monoisotopic (exact) mass is 257 g/mol. The van der Waals surface area contributed by atoms with Crippen molar-refractivity contribution in [3.05, 3.63) is 9.88 Å². The van der Waals surface area contributed by atoms with Crippen LogP contribution in [0.1, 0.15) is 34.9 Å². The molecule has 5 nitrogen and oxygen atoms in total. The molecule has 0 spiro atoms. The summed E-state index contributed by atoms with van der Waals surface area (Å²) in [6.45, 7) is 6.64. The molecule has 1 unspecified atom stereocenters. The Kier molecular flexibility index (Phi) is 5.37. The number of carbonyl (C=O) groups is 1. The van der Waals surface area contributed by atoms with Gasteiger partial charge in [-0.05, 0) is 33.7 Å². The van der Waals surface area contributed by atoms with E-state index in [1.807, 2.05) is 13.8 Å². The molecule has 0 aromatic carbocycles. The number of ether oxygens (including phenoxy) is 1. The maximum Gasteiger partial charge on any atom is 0.352 e. The Morgan fingerprint density at radius 2 is 2.35 bits per heavy atom. The number of carbonyl (C=O) groups excluding carboxylic acids is 1. The molecule has 3 N–H and O–H groups in total. The first-order valence-electron chi connectivity index (χ1n) is 5.69. The Balaban J connectivity index is 2.80. The summed E-state index contributed by atoms with van der Waals surface area (Å²) in [5.41, 5.74) is 5.48. The fourth-order valence-electron chi connectivity index (χ4n) is 1.42. The van der Waals surface area contributed by atoms with E-state index < -0.39 is 0 Å². The summed E-state index contributed by atoms with van der Waals surface area (Å²) in [5.74, 6) is 0.285. The van der Waals surface area contributed by atoms with Crippen molar-refractivity contribution >= 4 is 23.1 Å². The third kappa shape index (κ3) is 3.98. The van der Waals surface area contributed by atoms with Crippen LogP contribution >= 0.6 is 11.3 Å². The van der Waals surface area contributed by atoms with Crippen LogP contribution < -0.4 is 11.1 Å². The molecule has 0 aliphatic heterocycles. The Bertz CT molecular complexity index is 379. The van der Waals surface area contributed by atoms with Gasteiger partial charge in [0.25, 0.3) is 0 Å². The van der Waals surface area contributed by atoms with Crippen LogP contribution in [0.25, 0.3) is 0 Å². The summed E-state index contributed by atoms with van der Waals surface area (Å²) in [6.07, 6.45) is 0.832. The average Bonchev–Trinajstić information content (AvgIpc) is 2.60. The first-order valence-corrected chi connectivity index (χ1v) is 6.51. The molecular formula is C11H19N3O2S. The van der Waals surface area contributed by atoms with Crippen LogP contribution in [0, 0.1) is 6.92 Å². The molecule has 1 heterocycles. The number of esters is 1. The summed E-state index contributed by atoms with van der Waals surface area (Å²) < 4.78 is 4.99. The molecule has 0 saturated heterocycles. The normalized spacial score (nSPS) is 12.2. The lowest BCUT2D eigenvalue weighted by Crippen LogP contribution is -2.21. The fourth-order valence-corrected chi connectivity index (χ4v) is 2.19. The number of thiazole rings is 1. The van der Waals surface area contributed by atoms with Gasteiger partial charge in [0.15, 0.2) is 10.7 Å². The van der Waals surface area contributed by atoms with Crippen LogP contribution in [0.2, 0.25) is 0 Å². The van der Waals surface area contributed by atoms with Gasteiger partial charge in [-0.25, -0.2) is 9.78 Å². The van der Waals surface area contributed by atoms with E-state index in [-0.39, 0.29) is 12.0 Å². The van der Waals surface area contributed by atoms with Crippen molar-refractivity contribution in [2.75, 3.05) is 18.5 Å². The van der Waals surface area contributed by atoms with E-state index >= 15 is 0 Å². The molecule has 0 aliphatic carbocycles. The third-order valence-corrected chi connectivity index (χ3v) is 3.13. The zero-order chi connectivity index (χ0) is 12.8. The van der Waals surface area contributed by atoms with Crippen LogP contribution in [0.15, 0.2) is 0 Å². The van der Waals surface area contributed by atoms with Crippen LogP contribution in [0.4, 0.5) is 5.82 Å². The first-order chi connectivity index (χ1) is 8.08. The minimum Gasteiger partial charge on any atom is -0.462 e. The molecular weight excluding hydrogens is 238 g/mol. The van der Waals surface area contributed by atoms with E-state index in [4.69, 9.17) is 10.5 Å². The number of nitrogens with two attached hydrogens (primary N) is 1. The number of aromatic nitrogens is 1. The van der Waals surface area contributed by atoms with Gasteiger partial charge in [-0.3, -0.25) is 0 Å². The van der Waals surface area contributed by atoms with E-state index in [0.29, 0.717) is 23.8 Å². The molecule has 6 heteroatoms. The Morgan fingerprint density at radius 1 is 1.65 bits per heavy atom. The Labute approximate surface area is 105 Å². The molecule has 1 aromatic rings. The standard InChI is InChI=1S/C11H19N3O2S/c1-4-16-11(15)9-10(14-8(3)17-9)13-7(2)5-6-12/h7,13H,4-6,12H2,1-3H3. The number of anilines is 1. The number of nitrogens with one attached hydrogen (secondary N) is 1. The Hall–Kier alpha value is -1.14. The summed E-state index contributed by atoms with van der Waals surface area (Å²) in [4.78, 5) is 16.5. The van der Waals surface area contributed by atoms with Crippen molar-refractivity contribution in [3.8, 4) is 0 Å². The number of rotatable bonds is 6. The zero-order valence-electron chi connectivity index (χ0n) is 10.4. The average molecular weight is 257 g/mol. The summed E-state index contributed by atoms with van der Waals surface area (Å²) in [5, 5.41) is 4.03. The van der Waals surface area contributed by atoms with Gasteiger partial charge in [0.1, 0.15) is 0 Å². The first kappa shape index (κ1) is 13.9. The number of hydrogen-bond acceptors (Lipinski definition) is 6. The minimum atomic E-state index is -0.319. The SMILES string of the molecule is CCOC(=O)c1sc(C)nc1NC(C)CCN. The van der Waals surface area contributed by atoms with E-state index in [1.165, 1.54) is 11.3 Å². The number of hydrogen-bond donors (Lipinski definition) is 2. The fraction of sp³-hybridized carbons (Fsp3) is 0.636. The molecule has 17 heavy (non-hydrogen) atoms. The maximum absolute atomic E-state index is 11.7. The van der Waals surface area contributed by atoms with Crippen LogP contribution in [-0.4, -0.2) is 30.1 Å². The van der Waals surface area contributed by atoms with E-state index in [2.05, 4.69) is 10.3 Å². The smallest absolute Gasteiger partial charge is 0.352 e. The Morgan fingerprint density at radius 3 is 2.94 bits per heavy atom. The van der Waals surface area contributed by atoms with Gasteiger partial charge < -0.3 is 15.8 Å². The lowest BCUT2D eigenvalue weighted by molar-refractivity contribution is 0.0533. The second-order valence-electron chi connectivity index (χ2n) is 3.75. The number of aryl methyl sites for hydroxylation is 1. The van der Waals surface area contributed by atoms with Gasteiger partial charge >= 0.3 is 5.97 Å². The van der Waals surface area contributed by atoms with E-state index in [0.717, 1.165) is 11.4 Å². The van der Waals surface area contributed by atoms with E-state index in [9.17, 15) is 4.79 Å². The lowest BCUT2D eigenvalue weighted by Gasteiger charge is -2.12. The quantitative estimate of drug-likeness (QED) is 0.760. The maximum atomic E-state index is 11.7. The highest BCUT2D eigenvalue weighted by Gasteiger charge is 2.18. The van der Waals surface area contributed by atoms with Crippen molar-refractivity contribution in [1.29, 1.82) is 0 Å². The van der Waals surface area contributed by atoms with Gasteiger partial charge in [0.2, 0.25) is 0 Å². The van der Waals surface area contributed by atoms with Gasteiger partial charge in [0.05, 0.1) is 11.6 Å². The second kappa shape index (κ2) is 6.56. The van der Waals surface area contributed by atoms with Crippen molar-refractivity contribution in [1.82, 2.24) is 4.98 Å². The second-order valence-corrected chi connectivity index (χ2v) is 4.96. The predicted molar refractivity (Wildman–Crippen MR) is 69.6 cm³/mol. The molecule has 0 saturated carbocycles. The number of nitrogens with zero attached hydrogens (tertiary/aromatic N) is 1. The highest BCUT2D eigenvalue weighted by atomic mass is 32.1. The molecule has 1 atom stereocenters. The largest absolute Gasteiger partial charge is 0.462 e. The van der Waals surface area contributed by atoms with Crippen LogP contribution in [0.3, 0.4) is 0 Å². The van der Waals surface area contributed by atoms with Gasteiger partial charge in [-0.2, -0.15) is 0 Å². The highest BCUT2D eigenvalue weighted by Crippen LogP contribution is 2.24. The predicted octanol–water partition coefficient (Wildman–Crippen LogP) is 1.78. The minimum absolute atomic E-state index is 0.190. The molecule has 96 valence electrons. The summed E-state index contributed by atoms with van der Waals surface area (Å²) >= 11 is 1.34. The van der Waals surface area contributed by atoms with Crippen LogP contribution in [-0.2, 0) is 4.74 Å². The van der Waals surface area contributed by atoms with Gasteiger partial charge in [0, 0.05) is 6.04 Å². The zero-order valence-corrected chi connectivity index (χ0v) is 11.3. The van der Waals surface area contributed by atoms with Gasteiger partial charge in [-0.15, -0.1) is 11.3 Å². The van der Waals surface area contributed by atoms with Crippen molar-refractivity contribution in [3.63, 3.8) is 0 Å². The van der Waals surface area contributed by atoms with Gasteiger partial charge in [-0.1, -0.05) is 0 Å². The van der Waals surface area contributed by atoms with E-state index in [1.54, 1.807) is 6.92 Å². The highest BCUT2D eigenvalue weighted by molar-refractivity contribution is 7.14. The summed E-state index contributed by atoms with van der Waals surface area (Å²) in [6, 6.07) is 0.190. The molecule has 0 amide bonds. The molecule has 1 rings (SSSR count). The molecule has 0 radical (unpaired) electrons. The third-order valence-electron chi connectivity index (χ3n) is 2.18. The topological polar surface area (TPSA) is 77.2 Å². The molecule has 0 fully saturated rings. The summed E-state index contributed by atoms with van der Waals surface area (Å²) in [7, 11) is 0. The lowest BCUT2D eigenvalue weighted by atomic mass is 10.2. The molecule has 1 aromatic heterocycles. The van der Waals surface area contributed by atoms with Crippen molar-refractivity contribution in [2.45, 2.75) is 33.2 Å². The van der Waals surface area contributed by atoms with Crippen molar-refractivity contribution < 1.29 is 9.53 Å². The van der Waals surface area contributed by atoms with Crippen molar-refractivity contribution in [2.24, 2.45) is 5.73 Å². The molecule has 0 bridgehead atoms.